The lowest BCUT2D eigenvalue weighted by molar-refractivity contribution is 0.0946. The number of amides is 1. The Morgan fingerprint density at radius 3 is 2.91 bits per heavy atom. The standard InChI is InChI=1S/C17H21N3O2/c1-13-4-3-5-14(10-13)12-20-17(21)16-11-15(6-7-19-16)18-8-9-22-2/h3-7,10-11H,8-9,12H2,1-2H3,(H,18,19)(H,20,21). The van der Waals surface area contributed by atoms with Gasteiger partial charge < -0.3 is 15.4 Å². The highest BCUT2D eigenvalue weighted by Crippen LogP contribution is 2.08. The molecule has 0 unspecified atom stereocenters. The Balaban J connectivity index is 1.93. The van der Waals surface area contributed by atoms with Crippen LogP contribution in [0.25, 0.3) is 0 Å². The number of ether oxygens (including phenoxy) is 1. The van der Waals surface area contributed by atoms with Crippen LogP contribution in [0.5, 0.6) is 0 Å². The van der Waals surface area contributed by atoms with Crippen molar-refractivity contribution in [3.8, 4) is 0 Å². The first-order valence-electron chi connectivity index (χ1n) is 7.21. The van der Waals surface area contributed by atoms with Crippen LogP contribution >= 0.6 is 0 Å². The van der Waals surface area contributed by atoms with E-state index in [0.29, 0.717) is 25.4 Å². The second kappa shape index (κ2) is 8.14. The number of aromatic nitrogens is 1. The van der Waals surface area contributed by atoms with E-state index in [1.165, 1.54) is 5.56 Å². The van der Waals surface area contributed by atoms with Crippen molar-refractivity contribution in [3.05, 3.63) is 59.4 Å². The van der Waals surface area contributed by atoms with Gasteiger partial charge >= 0.3 is 0 Å². The molecule has 0 radical (unpaired) electrons. The first-order chi connectivity index (χ1) is 10.7. The first kappa shape index (κ1) is 16.0. The Hall–Kier alpha value is -2.40. The molecule has 1 aromatic heterocycles. The quantitative estimate of drug-likeness (QED) is 0.771. The van der Waals surface area contributed by atoms with Crippen LogP contribution in [0.2, 0.25) is 0 Å². The van der Waals surface area contributed by atoms with Crippen molar-refractivity contribution < 1.29 is 9.53 Å². The summed E-state index contributed by atoms with van der Waals surface area (Å²) in [5, 5.41) is 6.06. The summed E-state index contributed by atoms with van der Waals surface area (Å²) in [5.74, 6) is -0.183. The molecule has 0 fully saturated rings. The molecule has 5 heteroatoms. The molecule has 22 heavy (non-hydrogen) atoms. The zero-order valence-electron chi connectivity index (χ0n) is 12.9. The van der Waals surface area contributed by atoms with Crippen molar-refractivity contribution in [2.45, 2.75) is 13.5 Å². The number of pyridine rings is 1. The van der Waals surface area contributed by atoms with E-state index in [1.807, 2.05) is 31.2 Å². The van der Waals surface area contributed by atoms with Gasteiger partial charge in [0, 0.05) is 32.1 Å². The summed E-state index contributed by atoms with van der Waals surface area (Å²) < 4.78 is 4.98. The predicted octanol–water partition coefficient (Wildman–Crippen LogP) is 2.38. The Morgan fingerprint density at radius 2 is 2.14 bits per heavy atom. The van der Waals surface area contributed by atoms with Gasteiger partial charge in [0.15, 0.2) is 0 Å². The number of nitrogens with one attached hydrogen (secondary N) is 2. The summed E-state index contributed by atoms with van der Waals surface area (Å²) in [6.45, 7) is 3.81. The van der Waals surface area contributed by atoms with Gasteiger partial charge in [0.25, 0.3) is 5.91 Å². The zero-order valence-corrected chi connectivity index (χ0v) is 12.9. The molecule has 0 aliphatic rings. The molecule has 0 atom stereocenters. The van der Waals surface area contributed by atoms with E-state index in [1.54, 1.807) is 19.4 Å². The van der Waals surface area contributed by atoms with Crippen molar-refractivity contribution >= 4 is 11.6 Å². The lowest BCUT2D eigenvalue weighted by atomic mass is 10.1. The number of rotatable bonds is 7. The molecule has 2 rings (SSSR count). The van der Waals surface area contributed by atoms with Crippen LogP contribution in [0, 0.1) is 6.92 Å². The van der Waals surface area contributed by atoms with Gasteiger partial charge in [0.05, 0.1) is 6.61 Å². The molecule has 0 spiro atoms. The molecule has 1 amide bonds. The smallest absolute Gasteiger partial charge is 0.270 e. The topological polar surface area (TPSA) is 63.2 Å². The number of carbonyl (C=O) groups is 1. The van der Waals surface area contributed by atoms with Crippen LogP contribution in [0.3, 0.4) is 0 Å². The van der Waals surface area contributed by atoms with Gasteiger partial charge in [-0.2, -0.15) is 0 Å². The van der Waals surface area contributed by atoms with Crippen LogP contribution in [0.4, 0.5) is 5.69 Å². The number of methoxy groups -OCH3 is 1. The van der Waals surface area contributed by atoms with Gasteiger partial charge in [-0.15, -0.1) is 0 Å². The Labute approximate surface area is 130 Å². The van der Waals surface area contributed by atoms with E-state index in [9.17, 15) is 4.79 Å². The Bertz CT molecular complexity index is 629. The fourth-order valence-electron chi connectivity index (χ4n) is 2.06. The minimum absolute atomic E-state index is 0.183. The van der Waals surface area contributed by atoms with Crippen molar-refractivity contribution in [3.63, 3.8) is 0 Å². The maximum absolute atomic E-state index is 12.2. The second-order valence-corrected chi connectivity index (χ2v) is 5.02. The normalized spacial score (nSPS) is 10.3. The molecule has 2 N–H and O–H groups in total. The maximum atomic E-state index is 12.2. The van der Waals surface area contributed by atoms with E-state index in [0.717, 1.165) is 11.3 Å². The second-order valence-electron chi connectivity index (χ2n) is 5.02. The molecular formula is C17H21N3O2. The number of anilines is 1. The van der Waals surface area contributed by atoms with Crippen LogP contribution in [-0.2, 0) is 11.3 Å². The summed E-state index contributed by atoms with van der Waals surface area (Å²) in [6, 6.07) is 11.6. The summed E-state index contributed by atoms with van der Waals surface area (Å²) >= 11 is 0. The van der Waals surface area contributed by atoms with E-state index in [-0.39, 0.29) is 5.91 Å². The third-order valence-corrected chi connectivity index (χ3v) is 3.16. The van der Waals surface area contributed by atoms with Gasteiger partial charge in [-0.05, 0) is 24.6 Å². The number of benzene rings is 1. The number of hydrogen-bond donors (Lipinski definition) is 2. The minimum Gasteiger partial charge on any atom is -0.383 e. The fourth-order valence-corrected chi connectivity index (χ4v) is 2.06. The summed E-state index contributed by atoms with van der Waals surface area (Å²) in [5.41, 5.74) is 3.50. The largest absolute Gasteiger partial charge is 0.383 e. The third kappa shape index (κ3) is 4.86. The van der Waals surface area contributed by atoms with Gasteiger partial charge in [0.2, 0.25) is 0 Å². The first-order valence-corrected chi connectivity index (χ1v) is 7.21. The molecule has 116 valence electrons. The molecule has 5 nitrogen and oxygen atoms in total. The maximum Gasteiger partial charge on any atom is 0.270 e. The van der Waals surface area contributed by atoms with Crippen molar-refractivity contribution in [1.29, 1.82) is 0 Å². The summed E-state index contributed by atoms with van der Waals surface area (Å²) in [7, 11) is 1.65. The molecule has 0 bridgehead atoms. The number of carbonyl (C=O) groups excluding carboxylic acids is 1. The molecule has 1 heterocycles. The van der Waals surface area contributed by atoms with Gasteiger partial charge in [-0.1, -0.05) is 29.8 Å². The number of aryl methyl sites for hydroxylation is 1. The molecular weight excluding hydrogens is 278 g/mol. The van der Waals surface area contributed by atoms with Crippen molar-refractivity contribution in [1.82, 2.24) is 10.3 Å². The lowest BCUT2D eigenvalue weighted by Crippen LogP contribution is -2.24. The Morgan fingerprint density at radius 1 is 1.27 bits per heavy atom. The average molecular weight is 299 g/mol. The van der Waals surface area contributed by atoms with E-state index >= 15 is 0 Å². The van der Waals surface area contributed by atoms with Crippen molar-refractivity contribution in [2.24, 2.45) is 0 Å². The van der Waals surface area contributed by atoms with Crippen LogP contribution in [-0.4, -0.2) is 31.2 Å². The monoisotopic (exact) mass is 299 g/mol. The van der Waals surface area contributed by atoms with E-state index in [2.05, 4.69) is 21.7 Å². The predicted molar refractivity (Wildman–Crippen MR) is 87.0 cm³/mol. The molecule has 0 aliphatic heterocycles. The number of hydrogen-bond acceptors (Lipinski definition) is 4. The molecule has 0 saturated heterocycles. The van der Waals surface area contributed by atoms with Gasteiger partial charge in [0.1, 0.15) is 5.69 Å². The molecule has 0 saturated carbocycles. The number of nitrogens with zero attached hydrogens (tertiary/aromatic N) is 1. The lowest BCUT2D eigenvalue weighted by Gasteiger charge is -2.08. The zero-order chi connectivity index (χ0) is 15.8. The SMILES string of the molecule is COCCNc1ccnc(C(=O)NCc2cccc(C)c2)c1. The summed E-state index contributed by atoms with van der Waals surface area (Å²) in [6.07, 6.45) is 1.62. The van der Waals surface area contributed by atoms with Crippen molar-refractivity contribution in [2.75, 3.05) is 25.6 Å². The fraction of sp³-hybridized carbons (Fsp3) is 0.294. The van der Waals surface area contributed by atoms with E-state index in [4.69, 9.17) is 4.74 Å². The molecule has 1 aromatic carbocycles. The molecule has 2 aromatic rings. The highest BCUT2D eigenvalue weighted by molar-refractivity contribution is 5.93. The summed E-state index contributed by atoms with van der Waals surface area (Å²) in [4.78, 5) is 16.3. The Kier molecular flexibility index (Phi) is 5.91. The average Bonchev–Trinajstić information content (AvgIpc) is 2.53. The van der Waals surface area contributed by atoms with Gasteiger partial charge in [-0.25, -0.2) is 0 Å². The molecule has 0 aliphatic carbocycles. The van der Waals surface area contributed by atoms with Gasteiger partial charge in [-0.3, -0.25) is 9.78 Å². The highest BCUT2D eigenvalue weighted by atomic mass is 16.5. The van der Waals surface area contributed by atoms with E-state index < -0.39 is 0 Å². The highest BCUT2D eigenvalue weighted by Gasteiger charge is 2.07. The van der Waals surface area contributed by atoms with Crippen LogP contribution in [0.1, 0.15) is 21.6 Å². The minimum atomic E-state index is -0.183. The van der Waals surface area contributed by atoms with Crippen LogP contribution in [0.15, 0.2) is 42.6 Å². The third-order valence-electron chi connectivity index (χ3n) is 3.16. The van der Waals surface area contributed by atoms with Crippen LogP contribution < -0.4 is 10.6 Å².